The standard InChI is InChI=1S/C23H22N6O5/c1-27-12-19(26-14-27)23(30)29-11-18(13-33-29)34-17-3-4-21-20(8-17)28(5-6-32-21)16-7-15(9-24)22(31-2)25-10-16/h3-4,7-8,10,12,14,18H,5-6,11,13H2,1-2H3. The van der Waals surface area contributed by atoms with E-state index in [0.29, 0.717) is 35.9 Å². The van der Waals surface area contributed by atoms with Crippen molar-refractivity contribution in [3.8, 4) is 23.4 Å². The van der Waals surface area contributed by atoms with Crippen molar-refractivity contribution in [2.24, 2.45) is 7.05 Å². The molecule has 1 atom stereocenters. The predicted molar refractivity (Wildman–Crippen MR) is 119 cm³/mol. The summed E-state index contributed by atoms with van der Waals surface area (Å²) in [5.41, 5.74) is 2.20. The average molecular weight is 462 g/mol. The van der Waals surface area contributed by atoms with Crippen LogP contribution in [0.15, 0.2) is 43.0 Å². The predicted octanol–water partition coefficient (Wildman–Crippen LogP) is 2.06. The molecule has 1 saturated heterocycles. The fraction of sp³-hybridized carbons (Fsp3) is 0.304. The van der Waals surface area contributed by atoms with Gasteiger partial charge in [-0.05, 0) is 18.2 Å². The summed E-state index contributed by atoms with van der Waals surface area (Å²) in [6.07, 6.45) is 4.53. The number of rotatable bonds is 5. The Kier molecular flexibility index (Phi) is 5.65. The SMILES string of the molecule is COc1ncc(N2CCOc3ccc(OC4CON(C(=O)c5cn(C)cn5)C4)cc32)cc1C#N. The maximum absolute atomic E-state index is 12.6. The summed E-state index contributed by atoms with van der Waals surface area (Å²) in [5, 5.41) is 10.7. The molecule has 2 aromatic heterocycles. The molecular formula is C23H22N6O5. The highest BCUT2D eigenvalue weighted by Crippen LogP contribution is 2.40. The molecule has 11 nitrogen and oxygen atoms in total. The number of aromatic nitrogens is 3. The third kappa shape index (κ3) is 4.06. The van der Waals surface area contributed by atoms with Gasteiger partial charge in [0, 0.05) is 19.3 Å². The molecule has 1 amide bonds. The molecule has 3 aromatic rings. The van der Waals surface area contributed by atoms with Crippen LogP contribution < -0.4 is 19.1 Å². The molecule has 0 N–H and O–H groups in total. The number of aryl methyl sites for hydroxylation is 1. The first-order valence-electron chi connectivity index (χ1n) is 10.6. The number of methoxy groups -OCH3 is 1. The van der Waals surface area contributed by atoms with Gasteiger partial charge in [0.25, 0.3) is 5.91 Å². The number of amides is 1. The van der Waals surface area contributed by atoms with Gasteiger partial charge in [0.2, 0.25) is 5.88 Å². The highest BCUT2D eigenvalue weighted by atomic mass is 16.7. The van der Waals surface area contributed by atoms with Crippen molar-refractivity contribution in [2.45, 2.75) is 6.10 Å². The van der Waals surface area contributed by atoms with Crippen molar-refractivity contribution in [1.82, 2.24) is 19.6 Å². The van der Waals surface area contributed by atoms with E-state index in [1.165, 1.54) is 12.2 Å². The number of pyridine rings is 1. The van der Waals surface area contributed by atoms with Crippen LogP contribution in [0.4, 0.5) is 11.4 Å². The van der Waals surface area contributed by atoms with Crippen LogP contribution in [0, 0.1) is 11.3 Å². The summed E-state index contributed by atoms with van der Waals surface area (Å²) in [7, 11) is 3.28. The van der Waals surface area contributed by atoms with Crippen LogP contribution in [0.5, 0.6) is 17.4 Å². The molecule has 11 heteroatoms. The van der Waals surface area contributed by atoms with Crippen LogP contribution in [0.2, 0.25) is 0 Å². The van der Waals surface area contributed by atoms with E-state index in [0.717, 1.165) is 11.4 Å². The molecule has 1 fully saturated rings. The van der Waals surface area contributed by atoms with Crippen LogP contribution >= 0.6 is 0 Å². The lowest BCUT2D eigenvalue weighted by atomic mass is 10.2. The Balaban J connectivity index is 1.33. The van der Waals surface area contributed by atoms with Crippen molar-refractivity contribution >= 4 is 17.3 Å². The van der Waals surface area contributed by atoms with Gasteiger partial charge in [-0.25, -0.2) is 15.0 Å². The molecule has 1 unspecified atom stereocenters. The molecule has 5 rings (SSSR count). The highest BCUT2D eigenvalue weighted by molar-refractivity contribution is 5.91. The maximum Gasteiger partial charge on any atom is 0.297 e. The molecule has 0 radical (unpaired) electrons. The number of anilines is 2. The minimum absolute atomic E-state index is 0.240. The zero-order valence-electron chi connectivity index (χ0n) is 18.7. The van der Waals surface area contributed by atoms with Crippen molar-refractivity contribution < 1.29 is 23.8 Å². The third-order valence-corrected chi connectivity index (χ3v) is 5.49. The van der Waals surface area contributed by atoms with E-state index in [9.17, 15) is 10.1 Å². The molecule has 1 aromatic carbocycles. The van der Waals surface area contributed by atoms with E-state index >= 15 is 0 Å². The number of carbonyl (C=O) groups excluding carboxylic acids is 1. The molecule has 2 aliphatic rings. The first kappa shape index (κ1) is 21.5. The number of nitriles is 1. The Morgan fingerprint density at radius 3 is 2.94 bits per heavy atom. The summed E-state index contributed by atoms with van der Waals surface area (Å²) in [5.74, 6) is 1.28. The molecule has 2 aliphatic heterocycles. The van der Waals surface area contributed by atoms with Gasteiger partial charge in [-0.15, -0.1) is 0 Å². The lowest BCUT2D eigenvalue weighted by Gasteiger charge is -2.31. The van der Waals surface area contributed by atoms with E-state index in [4.69, 9.17) is 19.0 Å². The van der Waals surface area contributed by atoms with E-state index in [-0.39, 0.29) is 31.0 Å². The first-order chi connectivity index (χ1) is 16.6. The first-order valence-corrected chi connectivity index (χ1v) is 10.6. The van der Waals surface area contributed by atoms with Gasteiger partial charge in [0.15, 0.2) is 0 Å². The Labute approximate surface area is 195 Å². The average Bonchev–Trinajstić information content (AvgIpc) is 3.52. The normalized spacial score (nSPS) is 17.0. The van der Waals surface area contributed by atoms with Crippen LogP contribution in [-0.2, 0) is 11.9 Å². The second-order valence-corrected chi connectivity index (χ2v) is 7.82. The number of imidazole rings is 1. The van der Waals surface area contributed by atoms with Crippen molar-refractivity contribution in [3.63, 3.8) is 0 Å². The molecular weight excluding hydrogens is 440 g/mol. The van der Waals surface area contributed by atoms with Gasteiger partial charge in [-0.1, -0.05) is 0 Å². The Morgan fingerprint density at radius 2 is 2.18 bits per heavy atom. The van der Waals surface area contributed by atoms with Gasteiger partial charge >= 0.3 is 0 Å². The van der Waals surface area contributed by atoms with Gasteiger partial charge < -0.3 is 23.7 Å². The molecule has 0 saturated carbocycles. The minimum Gasteiger partial charge on any atom is -0.490 e. The number of ether oxygens (including phenoxy) is 3. The quantitative estimate of drug-likeness (QED) is 0.562. The maximum atomic E-state index is 12.6. The number of hydroxylamine groups is 2. The van der Waals surface area contributed by atoms with Crippen molar-refractivity contribution in [1.29, 1.82) is 5.26 Å². The monoisotopic (exact) mass is 462 g/mol. The third-order valence-electron chi connectivity index (χ3n) is 5.49. The number of nitrogens with zero attached hydrogens (tertiary/aromatic N) is 6. The zero-order valence-corrected chi connectivity index (χ0v) is 18.7. The summed E-state index contributed by atoms with van der Waals surface area (Å²) < 4.78 is 18.8. The van der Waals surface area contributed by atoms with Crippen molar-refractivity contribution in [2.75, 3.05) is 38.3 Å². The smallest absolute Gasteiger partial charge is 0.297 e. The number of benzene rings is 1. The van der Waals surface area contributed by atoms with Crippen LogP contribution in [0.1, 0.15) is 16.1 Å². The lowest BCUT2D eigenvalue weighted by Crippen LogP contribution is -2.31. The number of carbonyl (C=O) groups is 1. The van der Waals surface area contributed by atoms with Crippen molar-refractivity contribution in [3.05, 3.63) is 54.2 Å². The summed E-state index contributed by atoms with van der Waals surface area (Å²) in [6.45, 7) is 1.58. The van der Waals surface area contributed by atoms with Gasteiger partial charge in [0.05, 0.1) is 44.1 Å². The van der Waals surface area contributed by atoms with Crippen LogP contribution in [-0.4, -0.2) is 65.0 Å². The molecule has 0 bridgehead atoms. The fourth-order valence-electron chi connectivity index (χ4n) is 3.89. The second-order valence-electron chi connectivity index (χ2n) is 7.82. The highest BCUT2D eigenvalue weighted by Gasteiger charge is 2.31. The topological polar surface area (TPSA) is 115 Å². The Morgan fingerprint density at radius 1 is 1.29 bits per heavy atom. The molecule has 174 valence electrons. The summed E-state index contributed by atoms with van der Waals surface area (Å²) >= 11 is 0. The Bertz CT molecular complexity index is 1270. The number of fused-ring (bicyclic) bond motifs is 1. The van der Waals surface area contributed by atoms with Gasteiger partial charge in [0.1, 0.15) is 48.1 Å². The van der Waals surface area contributed by atoms with E-state index in [1.54, 1.807) is 36.4 Å². The van der Waals surface area contributed by atoms with E-state index in [2.05, 4.69) is 16.0 Å². The largest absolute Gasteiger partial charge is 0.490 e. The minimum atomic E-state index is -0.337. The second kappa shape index (κ2) is 8.92. The van der Waals surface area contributed by atoms with Crippen LogP contribution in [0.3, 0.4) is 0 Å². The Hall–Kier alpha value is -4.30. The van der Waals surface area contributed by atoms with E-state index < -0.39 is 0 Å². The zero-order chi connectivity index (χ0) is 23.7. The summed E-state index contributed by atoms with van der Waals surface area (Å²) in [6, 6.07) is 9.38. The molecule has 0 spiro atoms. The lowest BCUT2D eigenvalue weighted by molar-refractivity contribution is -0.0780. The van der Waals surface area contributed by atoms with E-state index in [1.807, 2.05) is 23.1 Å². The van der Waals surface area contributed by atoms with Gasteiger partial charge in [-0.3, -0.25) is 9.63 Å². The molecule has 34 heavy (non-hydrogen) atoms. The molecule has 0 aliphatic carbocycles. The summed E-state index contributed by atoms with van der Waals surface area (Å²) in [4.78, 5) is 28.4. The fourth-order valence-corrected chi connectivity index (χ4v) is 3.89. The van der Waals surface area contributed by atoms with Crippen LogP contribution in [0.25, 0.3) is 0 Å². The molecule has 4 heterocycles. The number of hydrogen-bond donors (Lipinski definition) is 0. The number of hydrogen-bond acceptors (Lipinski definition) is 9. The van der Waals surface area contributed by atoms with Gasteiger partial charge in [-0.2, -0.15) is 5.26 Å².